The minimum absolute atomic E-state index is 0.0373. The molecule has 6 heteroatoms. The number of rotatable bonds is 10. The summed E-state index contributed by atoms with van der Waals surface area (Å²) in [6, 6.07) is 35.0. The van der Waals surface area contributed by atoms with E-state index in [0.29, 0.717) is 13.1 Å². The number of non-ortho nitro benzene ring substituents is 1. The van der Waals surface area contributed by atoms with E-state index in [2.05, 4.69) is 28.2 Å². The molecule has 0 saturated heterocycles. The lowest BCUT2D eigenvalue weighted by Gasteiger charge is -2.17. The van der Waals surface area contributed by atoms with E-state index in [4.69, 9.17) is 0 Å². The number of hydrogen-bond donors (Lipinski definition) is 1. The summed E-state index contributed by atoms with van der Waals surface area (Å²) < 4.78 is 2.12. The second-order valence-electron chi connectivity index (χ2n) is 9.41. The van der Waals surface area contributed by atoms with Crippen molar-refractivity contribution in [3.63, 3.8) is 0 Å². The molecule has 4 aromatic carbocycles. The van der Waals surface area contributed by atoms with Gasteiger partial charge in [-0.1, -0.05) is 91.0 Å². The van der Waals surface area contributed by atoms with Crippen molar-refractivity contribution >= 4 is 22.5 Å². The third kappa shape index (κ3) is 5.81. The minimum Gasteiger partial charge on any atom is -0.356 e. The predicted octanol–water partition coefficient (Wildman–Crippen LogP) is 6.48. The van der Waals surface area contributed by atoms with Crippen LogP contribution in [0, 0.1) is 10.1 Å². The van der Waals surface area contributed by atoms with Gasteiger partial charge in [-0.2, -0.15) is 0 Å². The van der Waals surface area contributed by atoms with E-state index in [0.717, 1.165) is 34.0 Å². The maximum absolute atomic E-state index is 13.2. The number of fused-ring (bicyclic) bond motifs is 1. The van der Waals surface area contributed by atoms with Crippen LogP contribution in [0.5, 0.6) is 0 Å². The molecular weight excluding hydrogens is 474 g/mol. The Morgan fingerprint density at radius 2 is 1.47 bits per heavy atom. The van der Waals surface area contributed by atoms with Crippen molar-refractivity contribution in [3.8, 4) is 0 Å². The van der Waals surface area contributed by atoms with Crippen molar-refractivity contribution in [2.24, 2.45) is 0 Å². The third-order valence-corrected chi connectivity index (χ3v) is 6.85. The number of nitrogens with one attached hydrogen (secondary N) is 1. The fourth-order valence-corrected chi connectivity index (χ4v) is 4.96. The maximum Gasteiger partial charge on any atom is 0.270 e. The summed E-state index contributed by atoms with van der Waals surface area (Å²) in [4.78, 5) is 24.4. The SMILES string of the molecule is O=C(C[C@H](c1ccccc1)c1cn(Cc2ccccc2)c2ccc([N+](=O)[O-])cc12)NCCc1ccccc1. The van der Waals surface area contributed by atoms with E-state index < -0.39 is 0 Å². The number of carbonyl (C=O) groups excluding carboxylic acids is 1. The van der Waals surface area contributed by atoms with Crippen LogP contribution >= 0.6 is 0 Å². The highest BCUT2D eigenvalue weighted by atomic mass is 16.6. The average molecular weight is 504 g/mol. The summed E-state index contributed by atoms with van der Waals surface area (Å²) in [6.07, 6.45) is 3.05. The normalized spacial score (nSPS) is 11.8. The first-order valence-electron chi connectivity index (χ1n) is 12.7. The summed E-state index contributed by atoms with van der Waals surface area (Å²) in [5.74, 6) is -0.307. The van der Waals surface area contributed by atoms with Gasteiger partial charge in [0.2, 0.25) is 5.91 Å². The van der Waals surface area contributed by atoms with Crippen molar-refractivity contribution in [3.05, 3.63) is 148 Å². The number of benzene rings is 4. The fraction of sp³-hybridized carbons (Fsp3) is 0.156. The van der Waals surface area contributed by atoms with Gasteiger partial charge in [0.25, 0.3) is 5.69 Å². The van der Waals surface area contributed by atoms with Crippen LogP contribution in [0.2, 0.25) is 0 Å². The number of nitro benzene ring substituents is 1. The largest absolute Gasteiger partial charge is 0.356 e. The molecule has 0 aliphatic heterocycles. The Morgan fingerprint density at radius 1 is 0.842 bits per heavy atom. The van der Waals surface area contributed by atoms with Gasteiger partial charge in [0.15, 0.2) is 0 Å². The van der Waals surface area contributed by atoms with Crippen molar-refractivity contribution in [2.75, 3.05) is 6.54 Å². The molecule has 5 rings (SSSR count). The van der Waals surface area contributed by atoms with Gasteiger partial charge in [0.1, 0.15) is 0 Å². The maximum atomic E-state index is 13.2. The van der Waals surface area contributed by atoms with Gasteiger partial charge in [-0.3, -0.25) is 14.9 Å². The quantitative estimate of drug-likeness (QED) is 0.175. The molecule has 1 heterocycles. The van der Waals surface area contributed by atoms with Gasteiger partial charge >= 0.3 is 0 Å². The zero-order valence-corrected chi connectivity index (χ0v) is 21.0. The lowest BCUT2D eigenvalue weighted by Crippen LogP contribution is -2.27. The highest BCUT2D eigenvalue weighted by Gasteiger charge is 2.24. The summed E-state index contributed by atoms with van der Waals surface area (Å²) in [5.41, 5.74) is 5.14. The van der Waals surface area contributed by atoms with E-state index in [1.165, 1.54) is 5.56 Å². The van der Waals surface area contributed by atoms with Gasteiger partial charge in [-0.05, 0) is 34.7 Å². The number of nitro groups is 1. The molecule has 1 aromatic heterocycles. The van der Waals surface area contributed by atoms with Crippen molar-refractivity contribution < 1.29 is 9.72 Å². The Kier molecular flexibility index (Phi) is 7.59. The molecule has 0 aliphatic rings. The van der Waals surface area contributed by atoms with Crippen molar-refractivity contribution in [1.29, 1.82) is 0 Å². The average Bonchev–Trinajstić information content (AvgIpc) is 3.30. The van der Waals surface area contributed by atoms with E-state index >= 15 is 0 Å². The second-order valence-corrected chi connectivity index (χ2v) is 9.41. The van der Waals surface area contributed by atoms with Crippen LogP contribution in [-0.2, 0) is 17.8 Å². The van der Waals surface area contributed by atoms with Crippen LogP contribution in [-0.4, -0.2) is 21.9 Å². The molecule has 0 spiro atoms. The molecule has 6 nitrogen and oxygen atoms in total. The van der Waals surface area contributed by atoms with Crippen LogP contribution < -0.4 is 5.32 Å². The van der Waals surface area contributed by atoms with E-state index in [1.807, 2.05) is 84.9 Å². The Morgan fingerprint density at radius 3 is 2.13 bits per heavy atom. The van der Waals surface area contributed by atoms with E-state index in [9.17, 15) is 14.9 Å². The second kappa shape index (κ2) is 11.6. The highest BCUT2D eigenvalue weighted by molar-refractivity contribution is 5.88. The molecule has 0 aliphatic carbocycles. The molecule has 190 valence electrons. The molecule has 1 atom stereocenters. The zero-order chi connectivity index (χ0) is 26.3. The number of nitrogens with zero attached hydrogens (tertiary/aromatic N) is 2. The highest BCUT2D eigenvalue weighted by Crippen LogP contribution is 2.36. The Bertz CT molecular complexity index is 1530. The van der Waals surface area contributed by atoms with E-state index in [-0.39, 0.29) is 28.9 Å². The summed E-state index contributed by atoms with van der Waals surface area (Å²) in [6.45, 7) is 1.17. The molecule has 0 saturated carbocycles. The van der Waals surface area contributed by atoms with Crippen LogP contribution in [0.3, 0.4) is 0 Å². The molecule has 0 fully saturated rings. The molecule has 0 unspecified atom stereocenters. The van der Waals surface area contributed by atoms with Crippen LogP contribution in [0.4, 0.5) is 5.69 Å². The Balaban J connectivity index is 1.49. The Labute approximate surface area is 221 Å². The number of carbonyl (C=O) groups is 1. The van der Waals surface area contributed by atoms with E-state index in [1.54, 1.807) is 12.1 Å². The van der Waals surface area contributed by atoms with Crippen LogP contribution in [0.25, 0.3) is 10.9 Å². The fourth-order valence-electron chi connectivity index (χ4n) is 4.96. The summed E-state index contributed by atoms with van der Waals surface area (Å²) in [5, 5.41) is 15.5. The zero-order valence-electron chi connectivity index (χ0n) is 21.0. The molecule has 1 amide bonds. The first-order valence-corrected chi connectivity index (χ1v) is 12.7. The lowest BCUT2D eigenvalue weighted by atomic mass is 9.88. The minimum atomic E-state index is -0.369. The van der Waals surface area contributed by atoms with Crippen molar-refractivity contribution in [1.82, 2.24) is 9.88 Å². The van der Waals surface area contributed by atoms with Gasteiger partial charge in [0, 0.05) is 54.7 Å². The monoisotopic (exact) mass is 503 g/mol. The summed E-state index contributed by atoms with van der Waals surface area (Å²) >= 11 is 0. The number of hydrogen-bond acceptors (Lipinski definition) is 3. The van der Waals surface area contributed by atoms with Gasteiger partial charge in [-0.15, -0.1) is 0 Å². The smallest absolute Gasteiger partial charge is 0.270 e. The van der Waals surface area contributed by atoms with Gasteiger partial charge < -0.3 is 9.88 Å². The topological polar surface area (TPSA) is 77.2 Å². The molecular formula is C32H29N3O3. The number of aromatic nitrogens is 1. The van der Waals surface area contributed by atoms with Crippen LogP contribution in [0.1, 0.15) is 34.6 Å². The molecule has 38 heavy (non-hydrogen) atoms. The standard InChI is InChI=1S/C32H29N3O3/c36-32(33-19-18-24-10-4-1-5-11-24)21-28(26-14-8-3-9-15-26)30-23-34(22-25-12-6-2-7-13-25)31-17-16-27(35(37)38)20-29(30)31/h1-17,20,23,28H,18-19,21-22H2,(H,33,36)/t28-/m1/s1. The van der Waals surface area contributed by atoms with Gasteiger partial charge in [-0.25, -0.2) is 0 Å². The lowest BCUT2D eigenvalue weighted by molar-refractivity contribution is -0.384. The first kappa shape index (κ1) is 25.0. The molecule has 1 N–H and O–H groups in total. The van der Waals surface area contributed by atoms with Crippen LogP contribution in [0.15, 0.2) is 115 Å². The molecule has 0 bridgehead atoms. The molecule has 0 radical (unpaired) electrons. The number of amides is 1. The van der Waals surface area contributed by atoms with Gasteiger partial charge in [0.05, 0.1) is 4.92 Å². The molecule has 5 aromatic rings. The summed E-state index contributed by atoms with van der Waals surface area (Å²) in [7, 11) is 0. The van der Waals surface area contributed by atoms with Crippen molar-refractivity contribution in [2.45, 2.75) is 25.3 Å². The predicted molar refractivity (Wildman–Crippen MR) is 150 cm³/mol. The first-order chi connectivity index (χ1) is 18.6. The Hall–Kier alpha value is -4.71. The third-order valence-electron chi connectivity index (χ3n) is 6.85.